The van der Waals surface area contributed by atoms with Crippen molar-refractivity contribution in [3.05, 3.63) is 17.7 Å². The van der Waals surface area contributed by atoms with Gasteiger partial charge in [0.15, 0.2) is 17.3 Å². The molecule has 15 heavy (non-hydrogen) atoms. The Morgan fingerprint density at radius 2 is 2.00 bits per heavy atom. The van der Waals surface area contributed by atoms with Crippen molar-refractivity contribution >= 4 is 5.78 Å². The van der Waals surface area contributed by atoms with Crippen LogP contribution in [0.3, 0.4) is 0 Å². The van der Waals surface area contributed by atoms with Gasteiger partial charge < -0.3 is 19.7 Å². The van der Waals surface area contributed by atoms with Gasteiger partial charge in [0, 0.05) is 0 Å². The van der Waals surface area contributed by atoms with Crippen molar-refractivity contribution in [3.8, 4) is 17.2 Å². The minimum Gasteiger partial charge on any atom is -0.502 e. The number of phenols is 1. The van der Waals surface area contributed by atoms with Crippen molar-refractivity contribution in [1.82, 2.24) is 0 Å². The van der Waals surface area contributed by atoms with Crippen molar-refractivity contribution in [2.75, 3.05) is 20.8 Å². The molecule has 5 heteroatoms. The molecule has 0 atom stereocenters. The summed E-state index contributed by atoms with van der Waals surface area (Å²) >= 11 is 0. The Morgan fingerprint density at radius 3 is 2.47 bits per heavy atom. The molecule has 1 aromatic carbocycles. The highest BCUT2D eigenvalue weighted by Gasteiger charge is 2.18. The Kier molecular flexibility index (Phi) is 3.51. The summed E-state index contributed by atoms with van der Waals surface area (Å²) in [6.07, 6.45) is 0. The summed E-state index contributed by atoms with van der Waals surface area (Å²) in [5, 5.41) is 18.3. The number of aliphatic hydroxyl groups is 1. The molecule has 0 amide bonds. The van der Waals surface area contributed by atoms with E-state index in [1.54, 1.807) is 0 Å². The van der Waals surface area contributed by atoms with Crippen LogP contribution in [0.1, 0.15) is 10.4 Å². The van der Waals surface area contributed by atoms with Crippen molar-refractivity contribution < 1.29 is 24.5 Å². The molecule has 0 fully saturated rings. The van der Waals surface area contributed by atoms with Gasteiger partial charge in [-0.05, 0) is 12.1 Å². The van der Waals surface area contributed by atoms with Crippen molar-refractivity contribution in [3.63, 3.8) is 0 Å². The number of carbonyl (C=O) groups excluding carboxylic acids is 1. The number of hydrogen-bond donors (Lipinski definition) is 2. The number of ether oxygens (including phenoxy) is 2. The summed E-state index contributed by atoms with van der Waals surface area (Å²) in [7, 11) is 2.71. The highest BCUT2D eigenvalue weighted by Crippen LogP contribution is 2.38. The van der Waals surface area contributed by atoms with Crippen LogP contribution in [0.2, 0.25) is 0 Å². The topological polar surface area (TPSA) is 76.0 Å². The lowest BCUT2D eigenvalue weighted by molar-refractivity contribution is 0.0900. The van der Waals surface area contributed by atoms with Crippen molar-refractivity contribution in [2.45, 2.75) is 0 Å². The molecule has 0 bridgehead atoms. The summed E-state index contributed by atoms with van der Waals surface area (Å²) in [4.78, 5) is 11.3. The van der Waals surface area contributed by atoms with Crippen LogP contribution < -0.4 is 9.47 Å². The molecule has 1 rings (SSSR count). The third-order valence-corrected chi connectivity index (χ3v) is 1.96. The molecule has 0 aliphatic carbocycles. The molecule has 0 saturated carbocycles. The van der Waals surface area contributed by atoms with E-state index in [0.29, 0.717) is 0 Å². The van der Waals surface area contributed by atoms with Crippen LogP contribution in [0.4, 0.5) is 0 Å². The largest absolute Gasteiger partial charge is 0.502 e. The summed E-state index contributed by atoms with van der Waals surface area (Å²) in [5.74, 6) is -0.557. The summed E-state index contributed by atoms with van der Waals surface area (Å²) in [5.41, 5.74) is 0.123. The minimum absolute atomic E-state index is 0.00778. The molecule has 1 aromatic rings. The zero-order valence-electron chi connectivity index (χ0n) is 8.48. The Balaban J connectivity index is 3.30. The fourth-order valence-electron chi connectivity index (χ4n) is 1.23. The number of hydrogen-bond acceptors (Lipinski definition) is 5. The van der Waals surface area contributed by atoms with Crippen LogP contribution in [0, 0.1) is 0 Å². The van der Waals surface area contributed by atoms with Crippen LogP contribution in [-0.4, -0.2) is 36.8 Å². The first-order valence-electron chi connectivity index (χ1n) is 4.23. The number of rotatable bonds is 4. The molecule has 0 spiro atoms. The maximum Gasteiger partial charge on any atom is 0.201 e. The van der Waals surface area contributed by atoms with Gasteiger partial charge in [-0.25, -0.2) is 0 Å². The van der Waals surface area contributed by atoms with Gasteiger partial charge in [0.2, 0.25) is 5.75 Å². The predicted molar refractivity (Wildman–Crippen MR) is 52.6 cm³/mol. The molecule has 0 aliphatic heterocycles. The first-order chi connectivity index (χ1) is 7.15. The first-order valence-corrected chi connectivity index (χ1v) is 4.23. The summed E-state index contributed by atoms with van der Waals surface area (Å²) < 4.78 is 9.73. The summed E-state index contributed by atoms with van der Waals surface area (Å²) in [6.45, 7) is -0.637. The molecule has 0 aromatic heterocycles. The number of Topliss-reactive ketones (excluding diaryl/α,β-unsaturated/α-hetero) is 1. The van der Waals surface area contributed by atoms with Gasteiger partial charge in [0.05, 0.1) is 19.8 Å². The molecule has 0 radical (unpaired) electrons. The number of benzene rings is 1. The van der Waals surface area contributed by atoms with Gasteiger partial charge in [-0.2, -0.15) is 0 Å². The highest BCUT2D eigenvalue weighted by atomic mass is 16.5. The van der Waals surface area contributed by atoms with Gasteiger partial charge in [0.25, 0.3) is 0 Å². The van der Waals surface area contributed by atoms with Gasteiger partial charge in [0.1, 0.15) is 6.61 Å². The third-order valence-electron chi connectivity index (χ3n) is 1.96. The number of phenolic OH excluding ortho intramolecular Hbond substituents is 1. The fraction of sp³-hybridized carbons (Fsp3) is 0.300. The van der Waals surface area contributed by atoms with Crippen LogP contribution >= 0.6 is 0 Å². The molecular formula is C10H12O5. The normalized spacial score (nSPS) is 9.80. The molecule has 0 unspecified atom stereocenters. The smallest absolute Gasteiger partial charge is 0.201 e. The monoisotopic (exact) mass is 212 g/mol. The minimum atomic E-state index is -0.637. The van der Waals surface area contributed by atoms with E-state index in [-0.39, 0.29) is 22.8 Å². The van der Waals surface area contributed by atoms with Gasteiger partial charge in [-0.1, -0.05) is 0 Å². The van der Waals surface area contributed by atoms with E-state index >= 15 is 0 Å². The molecule has 82 valence electrons. The lowest BCUT2D eigenvalue weighted by Crippen LogP contribution is -2.06. The van der Waals surface area contributed by atoms with E-state index in [0.717, 1.165) is 0 Å². The number of aliphatic hydroxyl groups excluding tert-OH is 1. The quantitative estimate of drug-likeness (QED) is 0.714. The standard InChI is InChI=1S/C10H12O5/c1-14-8-4-3-6(7(12)5-11)10(15-2)9(8)13/h3-4,11,13H,5H2,1-2H3. The van der Waals surface area contributed by atoms with E-state index in [4.69, 9.17) is 14.6 Å². The van der Waals surface area contributed by atoms with Gasteiger partial charge in [-0.3, -0.25) is 4.79 Å². The predicted octanol–water partition coefficient (Wildman–Crippen LogP) is 0.584. The number of aromatic hydroxyl groups is 1. The second-order valence-electron chi connectivity index (χ2n) is 2.78. The van der Waals surface area contributed by atoms with E-state index in [1.807, 2.05) is 0 Å². The summed E-state index contributed by atoms with van der Waals surface area (Å²) in [6, 6.07) is 2.86. The van der Waals surface area contributed by atoms with E-state index in [9.17, 15) is 9.90 Å². The Labute approximate surface area is 86.9 Å². The van der Waals surface area contributed by atoms with E-state index in [1.165, 1.54) is 26.4 Å². The first kappa shape index (κ1) is 11.3. The Bertz CT molecular complexity index is 372. The zero-order chi connectivity index (χ0) is 11.4. The van der Waals surface area contributed by atoms with Crippen LogP contribution in [0.15, 0.2) is 12.1 Å². The van der Waals surface area contributed by atoms with E-state index in [2.05, 4.69) is 0 Å². The third kappa shape index (κ3) is 2.02. The maximum absolute atomic E-state index is 11.3. The van der Waals surface area contributed by atoms with Gasteiger partial charge in [-0.15, -0.1) is 0 Å². The molecular weight excluding hydrogens is 200 g/mol. The molecule has 5 nitrogen and oxygen atoms in total. The number of methoxy groups -OCH3 is 2. The SMILES string of the molecule is COc1ccc(C(=O)CO)c(OC)c1O. The molecule has 0 aliphatic rings. The lowest BCUT2D eigenvalue weighted by Gasteiger charge is -2.11. The fourth-order valence-corrected chi connectivity index (χ4v) is 1.23. The van der Waals surface area contributed by atoms with Gasteiger partial charge >= 0.3 is 0 Å². The van der Waals surface area contributed by atoms with E-state index < -0.39 is 12.4 Å². The van der Waals surface area contributed by atoms with Crippen LogP contribution in [-0.2, 0) is 0 Å². The molecule has 2 N–H and O–H groups in total. The Hall–Kier alpha value is -1.75. The highest BCUT2D eigenvalue weighted by molar-refractivity contribution is 6.00. The second-order valence-corrected chi connectivity index (χ2v) is 2.78. The second kappa shape index (κ2) is 4.65. The molecule has 0 saturated heterocycles. The average molecular weight is 212 g/mol. The number of carbonyl (C=O) groups is 1. The maximum atomic E-state index is 11.3. The lowest BCUT2D eigenvalue weighted by atomic mass is 10.1. The van der Waals surface area contributed by atoms with Crippen LogP contribution in [0.5, 0.6) is 17.2 Å². The van der Waals surface area contributed by atoms with Crippen molar-refractivity contribution in [2.24, 2.45) is 0 Å². The Morgan fingerprint density at radius 1 is 1.33 bits per heavy atom. The zero-order valence-corrected chi connectivity index (χ0v) is 8.48. The molecule has 0 heterocycles. The van der Waals surface area contributed by atoms with Crippen molar-refractivity contribution in [1.29, 1.82) is 0 Å². The number of ketones is 1. The average Bonchev–Trinajstić information content (AvgIpc) is 2.27. The van der Waals surface area contributed by atoms with Crippen LogP contribution in [0.25, 0.3) is 0 Å².